The van der Waals surface area contributed by atoms with Crippen molar-refractivity contribution in [2.45, 2.75) is 44.6 Å². The number of methoxy groups -OCH3 is 1. The van der Waals surface area contributed by atoms with Crippen molar-refractivity contribution in [1.29, 1.82) is 5.26 Å². The van der Waals surface area contributed by atoms with Gasteiger partial charge < -0.3 is 9.84 Å². The van der Waals surface area contributed by atoms with Gasteiger partial charge in [0.1, 0.15) is 12.0 Å². The summed E-state index contributed by atoms with van der Waals surface area (Å²) < 4.78 is 5.19. The fourth-order valence-electron chi connectivity index (χ4n) is 4.76. The Hall–Kier alpha value is -1.86. The normalized spacial score (nSPS) is 36.1. The smallest absolute Gasteiger partial charge is 0.150 e. The first kappa shape index (κ1) is 16.0. The summed E-state index contributed by atoms with van der Waals surface area (Å²) in [5.41, 5.74) is 1.39. The Morgan fingerprint density at radius 1 is 1.39 bits per heavy atom. The van der Waals surface area contributed by atoms with E-state index in [4.69, 9.17) is 4.74 Å². The molecule has 2 saturated carbocycles. The number of fused-ring (bicyclic) bond motifs is 1. The Morgan fingerprint density at radius 3 is 2.83 bits per heavy atom. The van der Waals surface area contributed by atoms with Gasteiger partial charge in [-0.15, -0.1) is 0 Å². The molecular weight excluding hydrogens is 290 g/mol. The van der Waals surface area contributed by atoms with Crippen molar-refractivity contribution in [3.05, 3.63) is 29.3 Å². The van der Waals surface area contributed by atoms with Crippen molar-refractivity contribution in [3.8, 4) is 11.8 Å². The van der Waals surface area contributed by atoms with E-state index in [1.165, 1.54) is 0 Å². The number of aldehydes is 1. The summed E-state index contributed by atoms with van der Waals surface area (Å²) in [6.45, 7) is 2.12. The number of aliphatic hydroxyl groups excluding tert-OH is 1. The quantitative estimate of drug-likeness (QED) is 0.869. The van der Waals surface area contributed by atoms with E-state index in [-0.39, 0.29) is 29.3 Å². The molecule has 0 aliphatic heterocycles. The van der Waals surface area contributed by atoms with Gasteiger partial charge in [-0.1, -0.05) is 13.0 Å². The van der Waals surface area contributed by atoms with Gasteiger partial charge in [0, 0.05) is 11.5 Å². The number of carbonyl (C=O) groups is 1. The molecule has 2 aliphatic rings. The fraction of sp³-hybridized carbons (Fsp3) is 0.579. The lowest BCUT2D eigenvalue weighted by atomic mass is 9.58. The molecule has 0 radical (unpaired) electrons. The molecule has 4 heteroatoms. The summed E-state index contributed by atoms with van der Waals surface area (Å²) in [5.74, 6) is 0.747. The molecule has 23 heavy (non-hydrogen) atoms. The van der Waals surface area contributed by atoms with Crippen LogP contribution in [0.15, 0.2) is 18.2 Å². The zero-order valence-corrected chi connectivity index (χ0v) is 13.7. The second kappa shape index (κ2) is 5.98. The third-order valence-corrected chi connectivity index (χ3v) is 6.19. The molecule has 0 bridgehead atoms. The topological polar surface area (TPSA) is 70.3 Å². The third-order valence-electron chi connectivity index (χ3n) is 6.19. The Morgan fingerprint density at radius 2 is 2.17 bits per heavy atom. The molecule has 0 aromatic heterocycles. The van der Waals surface area contributed by atoms with Crippen LogP contribution in [0, 0.1) is 28.6 Å². The average molecular weight is 313 g/mol. The molecule has 3 unspecified atom stereocenters. The van der Waals surface area contributed by atoms with Crippen LogP contribution in [0.3, 0.4) is 0 Å². The molecule has 2 aliphatic carbocycles. The van der Waals surface area contributed by atoms with E-state index >= 15 is 0 Å². The van der Waals surface area contributed by atoms with E-state index in [1.54, 1.807) is 13.2 Å². The number of hydrogen-bond donors (Lipinski definition) is 1. The third kappa shape index (κ3) is 2.44. The van der Waals surface area contributed by atoms with E-state index in [1.807, 2.05) is 12.1 Å². The molecule has 3 rings (SSSR count). The van der Waals surface area contributed by atoms with E-state index < -0.39 is 0 Å². The molecular formula is C19H23NO3. The average Bonchev–Trinajstić information content (AvgIpc) is 2.88. The van der Waals surface area contributed by atoms with Crippen molar-refractivity contribution in [2.24, 2.45) is 17.3 Å². The molecule has 1 aromatic rings. The van der Waals surface area contributed by atoms with Crippen LogP contribution in [0.1, 0.15) is 54.4 Å². The number of benzene rings is 1. The minimum Gasteiger partial charge on any atom is -0.497 e. The van der Waals surface area contributed by atoms with Gasteiger partial charge >= 0.3 is 0 Å². The van der Waals surface area contributed by atoms with Crippen LogP contribution in [0.25, 0.3) is 0 Å². The monoisotopic (exact) mass is 313 g/mol. The standard InChI is InChI=1S/C19H23NO3/c1-19-8-7-15(16(10-20)17(19)5-6-18(19)22)14-4-3-13(23-2)9-12(14)11-21/h3-4,9,11,15-18,22H,5-8H2,1-2H3/t15?,16?,17?,18-,19-/m0/s1. The summed E-state index contributed by atoms with van der Waals surface area (Å²) in [4.78, 5) is 11.5. The first-order chi connectivity index (χ1) is 11.0. The van der Waals surface area contributed by atoms with Gasteiger partial charge in [0.2, 0.25) is 0 Å². The van der Waals surface area contributed by atoms with Crippen molar-refractivity contribution >= 4 is 6.29 Å². The summed E-state index contributed by atoms with van der Waals surface area (Å²) in [5, 5.41) is 20.1. The highest BCUT2D eigenvalue weighted by atomic mass is 16.5. The summed E-state index contributed by atoms with van der Waals surface area (Å²) in [6.07, 6.45) is 3.92. The van der Waals surface area contributed by atoms with Gasteiger partial charge in [-0.25, -0.2) is 0 Å². The minimum atomic E-state index is -0.314. The summed E-state index contributed by atoms with van der Waals surface area (Å²) in [7, 11) is 1.58. The number of ether oxygens (including phenoxy) is 1. The Balaban J connectivity index is 1.98. The SMILES string of the molecule is COc1ccc(C2CC[C@@]3(C)C(CC[C@@H]3O)C2C#N)c(C=O)c1. The van der Waals surface area contributed by atoms with Gasteiger partial charge in [-0.05, 0) is 54.7 Å². The highest BCUT2D eigenvalue weighted by Gasteiger charge is 2.54. The largest absolute Gasteiger partial charge is 0.497 e. The van der Waals surface area contributed by atoms with Gasteiger partial charge in [0.05, 0.1) is 25.2 Å². The van der Waals surface area contributed by atoms with E-state index in [2.05, 4.69) is 13.0 Å². The van der Waals surface area contributed by atoms with Crippen LogP contribution in [0.5, 0.6) is 5.75 Å². The number of nitriles is 1. The second-order valence-corrected chi connectivity index (χ2v) is 7.12. The Bertz CT molecular complexity index is 651. The zero-order valence-electron chi connectivity index (χ0n) is 13.7. The molecule has 0 saturated heterocycles. The Labute approximate surface area is 137 Å². The molecule has 122 valence electrons. The summed E-state index contributed by atoms with van der Waals surface area (Å²) >= 11 is 0. The van der Waals surface area contributed by atoms with Gasteiger partial charge in [-0.2, -0.15) is 5.26 Å². The van der Waals surface area contributed by atoms with Gasteiger partial charge in [0.15, 0.2) is 0 Å². The summed E-state index contributed by atoms with van der Waals surface area (Å²) in [6, 6.07) is 8.01. The highest BCUT2D eigenvalue weighted by Crippen LogP contribution is 2.58. The molecule has 0 amide bonds. The zero-order chi connectivity index (χ0) is 16.6. The molecule has 1 N–H and O–H groups in total. The number of hydrogen-bond acceptors (Lipinski definition) is 4. The van der Waals surface area contributed by atoms with E-state index in [0.29, 0.717) is 11.3 Å². The molecule has 5 atom stereocenters. The van der Waals surface area contributed by atoms with Crippen molar-refractivity contribution in [1.82, 2.24) is 0 Å². The fourth-order valence-corrected chi connectivity index (χ4v) is 4.76. The van der Waals surface area contributed by atoms with Crippen LogP contribution in [-0.4, -0.2) is 24.6 Å². The van der Waals surface area contributed by atoms with Crippen LogP contribution < -0.4 is 4.74 Å². The first-order valence-electron chi connectivity index (χ1n) is 8.26. The molecule has 0 spiro atoms. The van der Waals surface area contributed by atoms with Gasteiger partial charge in [-0.3, -0.25) is 4.79 Å². The maximum absolute atomic E-state index is 11.5. The lowest BCUT2D eigenvalue weighted by molar-refractivity contribution is -0.00624. The van der Waals surface area contributed by atoms with Crippen LogP contribution >= 0.6 is 0 Å². The Kier molecular flexibility index (Phi) is 4.16. The van der Waals surface area contributed by atoms with Crippen LogP contribution in [-0.2, 0) is 0 Å². The lowest BCUT2D eigenvalue weighted by Crippen LogP contribution is -2.42. The van der Waals surface area contributed by atoms with Crippen LogP contribution in [0.4, 0.5) is 0 Å². The van der Waals surface area contributed by atoms with E-state index in [9.17, 15) is 15.2 Å². The number of rotatable bonds is 3. The van der Waals surface area contributed by atoms with Crippen molar-refractivity contribution in [3.63, 3.8) is 0 Å². The molecule has 0 heterocycles. The number of aliphatic hydroxyl groups is 1. The van der Waals surface area contributed by atoms with E-state index in [0.717, 1.165) is 37.5 Å². The molecule has 2 fully saturated rings. The molecule has 1 aromatic carbocycles. The minimum absolute atomic E-state index is 0.0504. The predicted octanol–water partition coefficient (Wildman–Crippen LogP) is 3.30. The highest BCUT2D eigenvalue weighted by molar-refractivity contribution is 5.78. The van der Waals surface area contributed by atoms with Gasteiger partial charge in [0.25, 0.3) is 0 Å². The van der Waals surface area contributed by atoms with Crippen molar-refractivity contribution < 1.29 is 14.6 Å². The predicted molar refractivity (Wildman–Crippen MR) is 86.3 cm³/mol. The maximum Gasteiger partial charge on any atom is 0.150 e. The first-order valence-corrected chi connectivity index (χ1v) is 8.26. The van der Waals surface area contributed by atoms with Crippen molar-refractivity contribution in [2.75, 3.05) is 7.11 Å². The van der Waals surface area contributed by atoms with Crippen LogP contribution in [0.2, 0.25) is 0 Å². The second-order valence-electron chi connectivity index (χ2n) is 7.12. The lowest BCUT2D eigenvalue weighted by Gasteiger charge is -2.45. The number of nitrogens with zero attached hydrogens (tertiary/aromatic N) is 1. The maximum atomic E-state index is 11.5. The number of carbonyl (C=O) groups excluding carboxylic acids is 1. The molecule has 4 nitrogen and oxygen atoms in total.